The van der Waals surface area contributed by atoms with Crippen molar-refractivity contribution in [3.05, 3.63) is 93.7 Å². The maximum atomic E-state index is 13.1. The van der Waals surface area contributed by atoms with Gasteiger partial charge in [0.1, 0.15) is 5.69 Å². The predicted octanol–water partition coefficient (Wildman–Crippen LogP) is 5.73. The number of nitrogens with zero attached hydrogens (tertiary/aromatic N) is 2. The first kappa shape index (κ1) is 27.5. The Kier molecular flexibility index (Phi) is 10.1. The standard InChI is InChI=1S/C27H30Cl2N4O3/c1-3-18(2)33(17-25(34)20-9-12-22(28)23(29)16-20)27(36)32-21-10-7-19(8-11-21)13-15-31-26(35)24-6-4-5-14-30-24/h4-12,14,16,18,25,34H,3,13,15,17H2,1-2H3,(H,31,35)(H,32,36)/t18-,25-/m1/s1. The number of aliphatic hydroxyl groups excluding tert-OH is 1. The largest absolute Gasteiger partial charge is 0.387 e. The number of carbonyl (C=O) groups excluding carboxylic acids is 2. The lowest BCUT2D eigenvalue weighted by Gasteiger charge is -2.31. The minimum atomic E-state index is -0.914. The fraction of sp³-hybridized carbons (Fsp3) is 0.296. The number of hydrogen-bond donors (Lipinski definition) is 3. The van der Waals surface area contributed by atoms with Crippen molar-refractivity contribution in [2.24, 2.45) is 0 Å². The number of hydrogen-bond acceptors (Lipinski definition) is 4. The third kappa shape index (κ3) is 7.68. The van der Waals surface area contributed by atoms with E-state index in [-0.39, 0.29) is 24.5 Å². The lowest BCUT2D eigenvalue weighted by atomic mass is 10.1. The van der Waals surface area contributed by atoms with Gasteiger partial charge in [-0.05, 0) is 67.3 Å². The van der Waals surface area contributed by atoms with Gasteiger partial charge in [0.2, 0.25) is 0 Å². The van der Waals surface area contributed by atoms with E-state index in [1.54, 1.807) is 47.5 Å². The minimum absolute atomic E-state index is 0.0931. The summed E-state index contributed by atoms with van der Waals surface area (Å²) in [6.45, 7) is 4.49. The van der Waals surface area contributed by atoms with E-state index in [9.17, 15) is 14.7 Å². The van der Waals surface area contributed by atoms with Gasteiger partial charge >= 0.3 is 6.03 Å². The molecule has 3 N–H and O–H groups in total. The Bertz CT molecular complexity index is 1160. The quantitative estimate of drug-likeness (QED) is 0.313. The van der Waals surface area contributed by atoms with E-state index in [1.165, 1.54) is 0 Å². The second kappa shape index (κ2) is 13.3. The zero-order chi connectivity index (χ0) is 26.1. The molecule has 36 heavy (non-hydrogen) atoms. The molecule has 0 spiro atoms. The molecule has 7 nitrogen and oxygen atoms in total. The van der Waals surface area contributed by atoms with Crippen molar-refractivity contribution >= 4 is 40.8 Å². The topological polar surface area (TPSA) is 94.6 Å². The summed E-state index contributed by atoms with van der Waals surface area (Å²) in [5, 5.41) is 17.3. The Balaban J connectivity index is 1.56. The van der Waals surface area contributed by atoms with Crippen LogP contribution in [0.1, 0.15) is 48.0 Å². The van der Waals surface area contributed by atoms with E-state index in [4.69, 9.17) is 23.2 Å². The normalized spacial score (nSPS) is 12.5. The summed E-state index contributed by atoms with van der Waals surface area (Å²) in [5.41, 5.74) is 2.62. The van der Waals surface area contributed by atoms with E-state index in [0.717, 1.165) is 12.0 Å². The number of nitrogens with one attached hydrogen (secondary N) is 2. The summed E-state index contributed by atoms with van der Waals surface area (Å²) >= 11 is 12.1. The summed E-state index contributed by atoms with van der Waals surface area (Å²) < 4.78 is 0. The Morgan fingerprint density at radius 3 is 2.44 bits per heavy atom. The third-order valence-corrected chi connectivity index (χ3v) is 6.62. The van der Waals surface area contributed by atoms with E-state index < -0.39 is 6.10 Å². The minimum Gasteiger partial charge on any atom is -0.387 e. The SMILES string of the molecule is CC[C@@H](C)N(C[C@@H](O)c1ccc(Cl)c(Cl)c1)C(=O)Nc1ccc(CCNC(=O)c2ccccn2)cc1. The monoisotopic (exact) mass is 528 g/mol. The highest BCUT2D eigenvalue weighted by atomic mass is 35.5. The van der Waals surface area contributed by atoms with Crippen LogP contribution in [0.4, 0.5) is 10.5 Å². The summed E-state index contributed by atoms with van der Waals surface area (Å²) in [4.78, 5) is 30.8. The van der Waals surface area contributed by atoms with Crippen LogP contribution in [-0.4, -0.2) is 46.1 Å². The molecule has 0 aliphatic rings. The molecule has 1 aromatic heterocycles. The van der Waals surface area contributed by atoms with Crippen molar-refractivity contribution in [1.82, 2.24) is 15.2 Å². The molecule has 190 valence electrons. The van der Waals surface area contributed by atoms with Gasteiger partial charge in [0.15, 0.2) is 0 Å². The Morgan fingerprint density at radius 1 is 1.06 bits per heavy atom. The number of amides is 3. The van der Waals surface area contributed by atoms with Crippen LogP contribution >= 0.6 is 23.2 Å². The van der Waals surface area contributed by atoms with Crippen LogP contribution in [0.25, 0.3) is 0 Å². The summed E-state index contributed by atoms with van der Waals surface area (Å²) in [5.74, 6) is -0.215. The van der Waals surface area contributed by atoms with E-state index in [1.807, 2.05) is 38.1 Å². The molecule has 0 unspecified atom stereocenters. The van der Waals surface area contributed by atoms with Crippen LogP contribution < -0.4 is 10.6 Å². The molecular weight excluding hydrogens is 499 g/mol. The number of urea groups is 1. The van der Waals surface area contributed by atoms with Gasteiger partial charge in [0.05, 0.1) is 22.7 Å². The third-order valence-electron chi connectivity index (χ3n) is 5.88. The van der Waals surface area contributed by atoms with Gasteiger partial charge in [-0.2, -0.15) is 0 Å². The lowest BCUT2D eigenvalue weighted by molar-refractivity contribution is 0.0949. The maximum absolute atomic E-state index is 13.1. The molecule has 2 aromatic carbocycles. The number of pyridine rings is 1. The average molecular weight is 529 g/mol. The molecule has 0 saturated heterocycles. The fourth-order valence-corrected chi connectivity index (χ4v) is 3.86. The summed E-state index contributed by atoms with van der Waals surface area (Å²) in [7, 11) is 0. The first-order valence-corrected chi connectivity index (χ1v) is 12.5. The number of aromatic nitrogens is 1. The number of benzene rings is 2. The van der Waals surface area contributed by atoms with Gasteiger partial charge in [0.25, 0.3) is 5.91 Å². The maximum Gasteiger partial charge on any atom is 0.322 e. The summed E-state index contributed by atoms with van der Waals surface area (Å²) in [6.07, 6.45) is 2.04. The predicted molar refractivity (Wildman–Crippen MR) is 144 cm³/mol. The molecule has 0 fully saturated rings. The number of halogens is 2. The van der Waals surface area contributed by atoms with Crippen molar-refractivity contribution in [2.45, 2.75) is 38.8 Å². The summed E-state index contributed by atoms with van der Waals surface area (Å²) in [6, 6.07) is 17.2. The molecule has 0 aliphatic carbocycles. The molecule has 0 aliphatic heterocycles. The molecule has 0 bridgehead atoms. The van der Waals surface area contributed by atoms with Crippen LogP contribution in [0, 0.1) is 0 Å². The number of aliphatic hydroxyl groups is 1. The van der Waals surface area contributed by atoms with Crippen molar-refractivity contribution in [3.63, 3.8) is 0 Å². The molecule has 3 amide bonds. The molecule has 1 heterocycles. The van der Waals surface area contributed by atoms with Crippen LogP contribution in [-0.2, 0) is 6.42 Å². The van der Waals surface area contributed by atoms with E-state index >= 15 is 0 Å². The molecule has 3 aromatic rings. The second-order valence-corrected chi connectivity index (χ2v) is 9.26. The van der Waals surface area contributed by atoms with E-state index in [2.05, 4.69) is 15.6 Å². The van der Waals surface area contributed by atoms with Gasteiger partial charge in [0, 0.05) is 24.5 Å². The molecular formula is C27H30Cl2N4O3. The second-order valence-electron chi connectivity index (χ2n) is 8.45. The average Bonchev–Trinajstić information content (AvgIpc) is 2.89. The van der Waals surface area contributed by atoms with Crippen LogP contribution in [0.3, 0.4) is 0 Å². The first-order chi connectivity index (χ1) is 17.3. The number of rotatable bonds is 10. The van der Waals surface area contributed by atoms with Crippen molar-refractivity contribution in [1.29, 1.82) is 0 Å². The highest BCUT2D eigenvalue weighted by Gasteiger charge is 2.23. The zero-order valence-corrected chi connectivity index (χ0v) is 21.8. The Labute approximate surface area is 221 Å². The van der Waals surface area contributed by atoms with Gasteiger partial charge < -0.3 is 20.6 Å². The van der Waals surface area contributed by atoms with Gasteiger partial charge in [-0.1, -0.05) is 54.4 Å². The number of carbonyl (C=O) groups is 2. The Hall–Kier alpha value is -3.13. The number of anilines is 1. The van der Waals surface area contributed by atoms with Gasteiger partial charge in [-0.3, -0.25) is 9.78 Å². The zero-order valence-electron chi connectivity index (χ0n) is 20.2. The fourth-order valence-electron chi connectivity index (χ4n) is 3.55. The molecule has 2 atom stereocenters. The molecule has 9 heteroatoms. The lowest BCUT2D eigenvalue weighted by Crippen LogP contribution is -2.43. The van der Waals surface area contributed by atoms with Gasteiger partial charge in [-0.15, -0.1) is 0 Å². The highest BCUT2D eigenvalue weighted by molar-refractivity contribution is 6.42. The van der Waals surface area contributed by atoms with E-state index in [0.29, 0.717) is 40.0 Å². The van der Waals surface area contributed by atoms with Crippen LogP contribution in [0.15, 0.2) is 66.9 Å². The highest BCUT2D eigenvalue weighted by Crippen LogP contribution is 2.26. The van der Waals surface area contributed by atoms with Crippen LogP contribution in [0.5, 0.6) is 0 Å². The smallest absolute Gasteiger partial charge is 0.322 e. The molecule has 0 saturated carbocycles. The molecule has 3 rings (SSSR count). The first-order valence-electron chi connectivity index (χ1n) is 11.8. The van der Waals surface area contributed by atoms with Gasteiger partial charge in [-0.25, -0.2) is 4.79 Å². The van der Waals surface area contributed by atoms with Crippen molar-refractivity contribution < 1.29 is 14.7 Å². The van der Waals surface area contributed by atoms with Crippen molar-refractivity contribution in [2.75, 3.05) is 18.4 Å². The molecule has 0 radical (unpaired) electrons. The Morgan fingerprint density at radius 2 is 1.81 bits per heavy atom. The van der Waals surface area contributed by atoms with Crippen molar-refractivity contribution in [3.8, 4) is 0 Å². The van der Waals surface area contributed by atoms with Crippen LogP contribution in [0.2, 0.25) is 10.0 Å².